The summed E-state index contributed by atoms with van der Waals surface area (Å²) in [6.07, 6.45) is 5.97. The van der Waals surface area contributed by atoms with Gasteiger partial charge in [0.2, 0.25) is 0 Å². The normalized spacial score (nSPS) is 22.5. The average Bonchev–Trinajstić information content (AvgIpc) is 2.76. The number of piperidine rings is 1. The Morgan fingerprint density at radius 1 is 1.44 bits per heavy atom. The summed E-state index contributed by atoms with van der Waals surface area (Å²) in [5.41, 5.74) is 6.37. The lowest BCUT2D eigenvalue weighted by Gasteiger charge is -2.33. The Morgan fingerprint density at radius 3 is 3.00 bits per heavy atom. The number of nitrogens with two attached hydrogens (primary N) is 1. The van der Waals surface area contributed by atoms with Crippen LogP contribution in [0.25, 0.3) is 0 Å². The van der Waals surface area contributed by atoms with Crippen molar-refractivity contribution in [1.82, 2.24) is 19.9 Å². The van der Waals surface area contributed by atoms with Crippen LogP contribution in [0.5, 0.6) is 0 Å². The summed E-state index contributed by atoms with van der Waals surface area (Å²) >= 11 is 0. The molecule has 0 radical (unpaired) electrons. The Balaban J connectivity index is 1.81. The van der Waals surface area contributed by atoms with Crippen LogP contribution in [0.15, 0.2) is 6.20 Å². The molecule has 0 aliphatic carbocycles. The van der Waals surface area contributed by atoms with Crippen molar-refractivity contribution < 1.29 is 0 Å². The molecule has 0 aromatic carbocycles. The van der Waals surface area contributed by atoms with Crippen LogP contribution in [0, 0.1) is 0 Å². The molecule has 5 heteroatoms. The van der Waals surface area contributed by atoms with Gasteiger partial charge in [-0.2, -0.15) is 0 Å². The molecule has 1 aliphatic heterocycles. The molecule has 1 saturated heterocycles. The highest BCUT2D eigenvalue weighted by atomic mass is 15.4. The van der Waals surface area contributed by atoms with Crippen LogP contribution in [0.4, 0.5) is 0 Å². The maximum Gasteiger partial charge on any atom is 0.0962 e. The Bertz CT molecular complexity index is 322. The fourth-order valence-electron chi connectivity index (χ4n) is 2.26. The molecule has 0 amide bonds. The van der Waals surface area contributed by atoms with Crippen molar-refractivity contribution in [3.8, 4) is 0 Å². The Morgan fingerprint density at radius 2 is 2.31 bits per heavy atom. The highest BCUT2D eigenvalue weighted by Gasteiger charge is 2.17. The summed E-state index contributed by atoms with van der Waals surface area (Å²) in [6.45, 7) is 5.98. The zero-order chi connectivity index (χ0) is 11.4. The molecule has 1 aromatic heterocycles. The lowest BCUT2D eigenvalue weighted by atomic mass is 10.0. The predicted molar refractivity (Wildman–Crippen MR) is 62.8 cm³/mol. The SMILES string of the molecule is CC1CCCCN1CCn1cc(CN)nn1. The zero-order valence-corrected chi connectivity index (χ0v) is 9.97. The van der Waals surface area contributed by atoms with E-state index >= 15 is 0 Å². The van der Waals surface area contributed by atoms with Gasteiger partial charge in [-0.05, 0) is 26.3 Å². The summed E-state index contributed by atoms with van der Waals surface area (Å²) < 4.78 is 1.89. The molecule has 16 heavy (non-hydrogen) atoms. The molecule has 1 aromatic rings. The third-order valence-electron chi connectivity index (χ3n) is 3.35. The van der Waals surface area contributed by atoms with Crippen LogP contribution < -0.4 is 5.73 Å². The van der Waals surface area contributed by atoms with Gasteiger partial charge >= 0.3 is 0 Å². The first-order valence-corrected chi connectivity index (χ1v) is 6.12. The summed E-state index contributed by atoms with van der Waals surface area (Å²) in [5, 5.41) is 8.04. The van der Waals surface area contributed by atoms with Crippen molar-refractivity contribution in [2.24, 2.45) is 5.73 Å². The second-order valence-corrected chi connectivity index (χ2v) is 4.56. The second-order valence-electron chi connectivity index (χ2n) is 4.56. The minimum atomic E-state index is 0.472. The van der Waals surface area contributed by atoms with Crippen molar-refractivity contribution in [2.45, 2.75) is 45.3 Å². The molecular formula is C11H21N5. The van der Waals surface area contributed by atoms with Gasteiger partial charge in [-0.15, -0.1) is 5.10 Å². The van der Waals surface area contributed by atoms with E-state index in [4.69, 9.17) is 5.73 Å². The number of hydrogen-bond acceptors (Lipinski definition) is 4. The Labute approximate surface area is 96.6 Å². The number of likely N-dealkylation sites (tertiary alicyclic amines) is 1. The van der Waals surface area contributed by atoms with E-state index in [1.54, 1.807) is 0 Å². The van der Waals surface area contributed by atoms with Gasteiger partial charge in [0.05, 0.1) is 12.2 Å². The number of rotatable bonds is 4. The van der Waals surface area contributed by atoms with Crippen LogP contribution in [0.1, 0.15) is 31.9 Å². The standard InChI is InChI=1S/C11H21N5/c1-10-4-2-3-5-15(10)6-7-16-9-11(8-12)13-14-16/h9-10H,2-8,12H2,1H3. The first-order valence-electron chi connectivity index (χ1n) is 6.12. The van der Waals surface area contributed by atoms with E-state index in [9.17, 15) is 0 Å². The van der Waals surface area contributed by atoms with Crippen LogP contribution in [0.2, 0.25) is 0 Å². The second kappa shape index (κ2) is 5.41. The number of hydrogen-bond donors (Lipinski definition) is 1. The number of nitrogens with zero attached hydrogens (tertiary/aromatic N) is 4. The highest BCUT2D eigenvalue weighted by Crippen LogP contribution is 2.15. The third kappa shape index (κ3) is 2.80. The molecule has 0 saturated carbocycles. The van der Waals surface area contributed by atoms with Gasteiger partial charge < -0.3 is 5.73 Å². The molecule has 0 bridgehead atoms. The number of aromatic nitrogens is 3. The Hall–Kier alpha value is -0.940. The van der Waals surface area contributed by atoms with Gasteiger partial charge in [-0.3, -0.25) is 9.58 Å². The molecule has 1 aliphatic rings. The van der Waals surface area contributed by atoms with Crippen LogP contribution >= 0.6 is 0 Å². The van der Waals surface area contributed by atoms with Crippen LogP contribution in [-0.2, 0) is 13.1 Å². The molecule has 1 unspecified atom stereocenters. The van der Waals surface area contributed by atoms with Crippen molar-refractivity contribution in [2.75, 3.05) is 13.1 Å². The lowest BCUT2D eigenvalue weighted by Crippen LogP contribution is -2.39. The molecule has 2 rings (SSSR count). The topological polar surface area (TPSA) is 60.0 Å². The quantitative estimate of drug-likeness (QED) is 0.812. The van der Waals surface area contributed by atoms with Gasteiger partial charge in [-0.25, -0.2) is 0 Å². The summed E-state index contributed by atoms with van der Waals surface area (Å²) in [7, 11) is 0. The van der Waals surface area contributed by atoms with Crippen molar-refractivity contribution in [3.63, 3.8) is 0 Å². The molecule has 1 fully saturated rings. The maximum absolute atomic E-state index is 5.50. The van der Waals surface area contributed by atoms with Crippen LogP contribution in [-0.4, -0.2) is 39.0 Å². The van der Waals surface area contributed by atoms with E-state index in [-0.39, 0.29) is 0 Å². The molecule has 90 valence electrons. The minimum absolute atomic E-state index is 0.472. The first-order chi connectivity index (χ1) is 7.79. The Kier molecular flexibility index (Phi) is 3.90. The maximum atomic E-state index is 5.50. The van der Waals surface area contributed by atoms with E-state index in [0.29, 0.717) is 12.6 Å². The molecule has 1 atom stereocenters. The average molecular weight is 223 g/mol. The van der Waals surface area contributed by atoms with Gasteiger partial charge in [0, 0.05) is 25.3 Å². The third-order valence-corrected chi connectivity index (χ3v) is 3.35. The predicted octanol–water partition coefficient (Wildman–Crippen LogP) is 0.611. The molecule has 2 heterocycles. The van der Waals surface area contributed by atoms with Crippen molar-refractivity contribution >= 4 is 0 Å². The van der Waals surface area contributed by atoms with Gasteiger partial charge in [0.1, 0.15) is 0 Å². The fourth-order valence-corrected chi connectivity index (χ4v) is 2.26. The van der Waals surface area contributed by atoms with Gasteiger partial charge in [0.25, 0.3) is 0 Å². The van der Waals surface area contributed by atoms with Crippen molar-refractivity contribution in [1.29, 1.82) is 0 Å². The van der Waals surface area contributed by atoms with E-state index in [1.165, 1.54) is 25.8 Å². The minimum Gasteiger partial charge on any atom is -0.325 e. The smallest absolute Gasteiger partial charge is 0.0962 e. The molecular weight excluding hydrogens is 202 g/mol. The first kappa shape index (κ1) is 11.5. The van der Waals surface area contributed by atoms with E-state index in [0.717, 1.165) is 18.8 Å². The van der Waals surface area contributed by atoms with Crippen LogP contribution in [0.3, 0.4) is 0 Å². The van der Waals surface area contributed by atoms with Gasteiger partial charge in [0.15, 0.2) is 0 Å². The van der Waals surface area contributed by atoms with E-state index in [2.05, 4.69) is 22.1 Å². The largest absolute Gasteiger partial charge is 0.325 e. The molecule has 5 nitrogen and oxygen atoms in total. The van der Waals surface area contributed by atoms with E-state index < -0.39 is 0 Å². The summed E-state index contributed by atoms with van der Waals surface area (Å²) in [4.78, 5) is 2.54. The van der Waals surface area contributed by atoms with Crippen molar-refractivity contribution in [3.05, 3.63) is 11.9 Å². The molecule has 0 spiro atoms. The summed E-state index contributed by atoms with van der Waals surface area (Å²) in [5.74, 6) is 0. The summed E-state index contributed by atoms with van der Waals surface area (Å²) in [6, 6.07) is 0.714. The molecule has 2 N–H and O–H groups in total. The van der Waals surface area contributed by atoms with Gasteiger partial charge in [-0.1, -0.05) is 11.6 Å². The lowest BCUT2D eigenvalue weighted by molar-refractivity contribution is 0.153. The zero-order valence-electron chi connectivity index (χ0n) is 9.97. The fraction of sp³-hybridized carbons (Fsp3) is 0.818. The monoisotopic (exact) mass is 223 g/mol. The van der Waals surface area contributed by atoms with E-state index in [1.807, 2.05) is 10.9 Å². The highest BCUT2D eigenvalue weighted by molar-refractivity contribution is 4.90.